The Balaban J connectivity index is 1.55. The van der Waals surface area contributed by atoms with Crippen molar-refractivity contribution in [3.05, 3.63) is 59.2 Å². The van der Waals surface area contributed by atoms with E-state index < -0.39 is 28.5 Å². The highest BCUT2D eigenvalue weighted by Gasteiger charge is 2.18. The number of carbonyl (C=O) groups excluding carboxylic acids is 2. The molecule has 2 aromatic carbocycles. The zero-order chi connectivity index (χ0) is 20.3. The Morgan fingerprint density at radius 3 is 2.39 bits per heavy atom. The quantitative estimate of drug-likeness (QED) is 0.748. The number of carbonyl (C=O) groups is 2. The highest BCUT2D eigenvalue weighted by molar-refractivity contribution is 7.89. The van der Waals surface area contributed by atoms with Crippen LogP contribution in [0.5, 0.6) is 0 Å². The monoisotopic (exact) mass is 402 g/mol. The fraction of sp³-hybridized carbons (Fsp3) is 0.300. The molecule has 0 bridgehead atoms. The van der Waals surface area contributed by atoms with E-state index in [1.54, 1.807) is 0 Å². The van der Waals surface area contributed by atoms with Gasteiger partial charge in [-0.2, -0.15) is 0 Å². The molecule has 0 saturated heterocycles. The van der Waals surface area contributed by atoms with Crippen molar-refractivity contribution < 1.29 is 22.7 Å². The van der Waals surface area contributed by atoms with Crippen LogP contribution >= 0.6 is 0 Å². The molecule has 0 spiro atoms. The number of aryl methyl sites for hydroxylation is 2. The van der Waals surface area contributed by atoms with Crippen LogP contribution in [0.2, 0.25) is 0 Å². The summed E-state index contributed by atoms with van der Waals surface area (Å²) >= 11 is 0. The SMILES string of the molecule is CN(C)S(=O)(=O)c1ccc(C(=O)OCC(=O)Nc2ccc3c(c2)CCC3)cc1. The van der Waals surface area contributed by atoms with E-state index in [4.69, 9.17) is 4.74 Å². The van der Waals surface area contributed by atoms with Crippen molar-refractivity contribution in [2.45, 2.75) is 24.2 Å². The Labute approximate surface area is 164 Å². The summed E-state index contributed by atoms with van der Waals surface area (Å²) in [6.07, 6.45) is 3.20. The minimum absolute atomic E-state index is 0.0726. The number of esters is 1. The largest absolute Gasteiger partial charge is 0.452 e. The van der Waals surface area contributed by atoms with E-state index >= 15 is 0 Å². The number of amides is 1. The maximum absolute atomic E-state index is 12.1. The number of rotatable bonds is 6. The van der Waals surface area contributed by atoms with Crippen molar-refractivity contribution in [1.29, 1.82) is 0 Å². The van der Waals surface area contributed by atoms with Crippen LogP contribution in [-0.2, 0) is 32.4 Å². The highest BCUT2D eigenvalue weighted by atomic mass is 32.2. The Morgan fingerprint density at radius 2 is 1.71 bits per heavy atom. The zero-order valence-electron chi connectivity index (χ0n) is 15.8. The molecule has 0 atom stereocenters. The fourth-order valence-electron chi connectivity index (χ4n) is 3.03. The van der Waals surface area contributed by atoms with Crippen molar-refractivity contribution in [3.8, 4) is 0 Å². The standard InChI is InChI=1S/C20H22N2O5S/c1-22(2)28(25,26)18-10-7-15(8-11-18)20(24)27-13-19(23)21-17-9-6-14-4-3-5-16(14)12-17/h6-12H,3-5,13H2,1-2H3,(H,21,23). The molecule has 0 aromatic heterocycles. The second-order valence-electron chi connectivity index (χ2n) is 6.77. The molecule has 3 rings (SSSR count). The third-order valence-corrected chi connectivity index (χ3v) is 6.41. The number of sulfonamides is 1. The van der Waals surface area contributed by atoms with Crippen LogP contribution in [0, 0.1) is 0 Å². The normalized spacial score (nSPS) is 13.2. The maximum Gasteiger partial charge on any atom is 0.338 e. The summed E-state index contributed by atoms with van der Waals surface area (Å²) in [5, 5.41) is 2.72. The molecule has 7 nitrogen and oxygen atoms in total. The van der Waals surface area contributed by atoms with Gasteiger partial charge in [-0.3, -0.25) is 4.79 Å². The molecule has 0 saturated carbocycles. The lowest BCUT2D eigenvalue weighted by molar-refractivity contribution is -0.119. The topological polar surface area (TPSA) is 92.8 Å². The lowest BCUT2D eigenvalue weighted by Gasteiger charge is -2.11. The smallest absolute Gasteiger partial charge is 0.338 e. The number of benzene rings is 2. The molecule has 2 aromatic rings. The molecule has 0 unspecified atom stereocenters. The van der Waals surface area contributed by atoms with E-state index in [1.165, 1.54) is 49.5 Å². The van der Waals surface area contributed by atoms with Gasteiger partial charge in [-0.1, -0.05) is 6.07 Å². The maximum atomic E-state index is 12.1. The zero-order valence-corrected chi connectivity index (χ0v) is 16.6. The van der Waals surface area contributed by atoms with E-state index in [0.29, 0.717) is 5.69 Å². The first-order valence-electron chi connectivity index (χ1n) is 8.89. The lowest BCUT2D eigenvalue weighted by Crippen LogP contribution is -2.22. The van der Waals surface area contributed by atoms with Crippen LogP contribution in [0.15, 0.2) is 47.4 Å². The molecular weight excluding hydrogens is 380 g/mol. The van der Waals surface area contributed by atoms with E-state index in [2.05, 4.69) is 5.32 Å². The number of hydrogen-bond donors (Lipinski definition) is 1. The summed E-state index contributed by atoms with van der Waals surface area (Å²) in [6, 6.07) is 11.2. The van der Waals surface area contributed by atoms with Gasteiger partial charge in [0.15, 0.2) is 6.61 Å². The van der Waals surface area contributed by atoms with Gasteiger partial charge in [0, 0.05) is 19.8 Å². The van der Waals surface area contributed by atoms with Crippen molar-refractivity contribution >= 4 is 27.6 Å². The number of fused-ring (bicyclic) bond motifs is 1. The summed E-state index contributed by atoms with van der Waals surface area (Å²) < 4.78 is 30.2. The van der Waals surface area contributed by atoms with E-state index in [0.717, 1.165) is 23.6 Å². The highest BCUT2D eigenvalue weighted by Crippen LogP contribution is 2.24. The van der Waals surface area contributed by atoms with Crippen LogP contribution in [0.1, 0.15) is 27.9 Å². The Kier molecular flexibility index (Phi) is 5.81. The molecule has 148 valence electrons. The molecule has 1 aliphatic rings. The molecule has 1 aliphatic carbocycles. The molecule has 0 fully saturated rings. The Morgan fingerprint density at radius 1 is 1.04 bits per heavy atom. The molecule has 0 aliphatic heterocycles. The molecular formula is C20H22N2O5S. The third-order valence-electron chi connectivity index (χ3n) is 4.59. The second-order valence-corrected chi connectivity index (χ2v) is 8.92. The first-order chi connectivity index (χ1) is 13.3. The van der Waals surface area contributed by atoms with E-state index in [1.807, 2.05) is 18.2 Å². The van der Waals surface area contributed by atoms with Gasteiger partial charge >= 0.3 is 5.97 Å². The third kappa shape index (κ3) is 4.40. The Hall–Kier alpha value is -2.71. The summed E-state index contributed by atoms with van der Waals surface area (Å²) in [5.41, 5.74) is 3.40. The van der Waals surface area contributed by atoms with Crippen molar-refractivity contribution in [1.82, 2.24) is 4.31 Å². The average Bonchev–Trinajstić information content (AvgIpc) is 3.14. The number of hydrogen-bond acceptors (Lipinski definition) is 5. The van der Waals surface area contributed by atoms with Crippen LogP contribution in [0.25, 0.3) is 0 Å². The van der Waals surface area contributed by atoms with Gasteiger partial charge in [0.05, 0.1) is 10.5 Å². The van der Waals surface area contributed by atoms with E-state index in [9.17, 15) is 18.0 Å². The summed E-state index contributed by atoms with van der Waals surface area (Å²) in [5.74, 6) is -1.13. The van der Waals surface area contributed by atoms with Crippen LogP contribution in [-0.4, -0.2) is 45.3 Å². The molecule has 28 heavy (non-hydrogen) atoms. The van der Waals surface area contributed by atoms with Gasteiger partial charge in [0.2, 0.25) is 10.0 Å². The number of ether oxygens (including phenoxy) is 1. The molecule has 8 heteroatoms. The Bertz CT molecular complexity index is 998. The summed E-state index contributed by atoms with van der Waals surface area (Å²) in [6.45, 7) is -0.423. The van der Waals surface area contributed by atoms with Gasteiger partial charge in [0.25, 0.3) is 5.91 Å². The van der Waals surface area contributed by atoms with Gasteiger partial charge < -0.3 is 10.1 Å². The fourth-order valence-corrected chi connectivity index (χ4v) is 3.94. The first kappa shape index (κ1) is 20.0. The van der Waals surface area contributed by atoms with Crippen LogP contribution in [0.3, 0.4) is 0 Å². The average molecular weight is 402 g/mol. The van der Waals surface area contributed by atoms with Crippen molar-refractivity contribution in [3.63, 3.8) is 0 Å². The van der Waals surface area contributed by atoms with Crippen molar-refractivity contribution in [2.75, 3.05) is 26.0 Å². The number of anilines is 1. The molecule has 0 heterocycles. The number of nitrogens with zero attached hydrogens (tertiary/aromatic N) is 1. The van der Waals surface area contributed by atoms with Gasteiger partial charge in [0.1, 0.15) is 0 Å². The predicted octanol–water partition coefficient (Wildman–Crippen LogP) is 2.22. The number of nitrogens with one attached hydrogen (secondary N) is 1. The molecule has 1 amide bonds. The molecule has 0 radical (unpaired) electrons. The lowest BCUT2D eigenvalue weighted by atomic mass is 10.1. The van der Waals surface area contributed by atoms with Crippen LogP contribution < -0.4 is 5.32 Å². The van der Waals surface area contributed by atoms with E-state index in [-0.39, 0.29) is 10.5 Å². The predicted molar refractivity (Wildman–Crippen MR) is 105 cm³/mol. The minimum atomic E-state index is -3.57. The molecule has 1 N–H and O–H groups in total. The van der Waals surface area contributed by atoms with Gasteiger partial charge in [-0.15, -0.1) is 0 Å². The van der Waals surface area contributed by atoms with Gasteiger partial charge in [-0.05, 0) is 66.8 Å². The summed E-state index contributed by atoms with van der Waals surface area (Å²) in [4.78, 5) is 24.2. The second kappa shape index (κ2) is 8.12. The van der Waals surface area contributed by atoms with Crippen molar-refractivity contribution in [2.24, 2.45) is 0 Å². The summed E-state index contributed by atoms with van der Waals surface area (Å²) in [7, 11) is -0.712. The minimum Gasteiger partial charge on any atom is -0.452 e. The van der Waals surface area contributed by atoms with Gasteiger partial charge in [-0.25, -0.2) is 17.5 Å². The van der Waals surface area contributed by atoms with Crippen LogP contribution in [0.4, 0.5) is 5.69 Å². The first-order valence-corrected chi connectivity index (χ1v) is 10.3.